The zero-order valence-electron chi connectivity index (χ0n) is 9.25. The van der Waals surface area contributed by atoms with E-state index in [2.05, 4.69) is 10.3 Å². The number of aromatic nitrogens is 1. The van der Waals surface area contributed by atoms with Crippen LogP contribution >= 0.6 is 11.6 Å². The maximum atomic E-state index is 13.4. The predicted molar refractivity (Wildman–Crippen MR) is 67.3 cm³/mol. The van der Waals surface area contributed by atoms with Crippen molar-refractivity contribution in [1.82, 2.24) is 4.98 Å². The average molecular weight is 270 g/mol. The quantitative estimate of drug-likeness (QED) is 0.900. The van der Waals surface area contributed by atoms with Gasteiger partial charge < -0.3 is 11.1 Å². The van der Waals surface area contributed by atoms with Crippen molar-refractivity contribution >= 4 is 23.1 Å². The normalized spacial score (nSPS) is 10.4. The van der Waals surface area contributed by atoms with E-state index in [0.29, 0.717) is 16.5 Å². The predicted octanol–water partition coefficient (Wildman–Crippen LogP) is 3.21. The zero-order valence-corrected chi connectivity index (χ0v) is 10.0. The summed E-state index contributed by atoms with van der Waals surface area (Å²) in [5.41, 5.74) is 6.22. The molecule has 6 heteroatoms. The van der Waals surface area contributed by atoms with Crippen molar-refractivity contribution in [2.75, 3.05) is 11.1 Å². The van der Waals surface area contributed by atoms with Gasteiger partial charge in [-0.05, 0) is 24.3 Å². The Labute approximate surface area is 108 Å². The van der Waals surface area contributed by atoms with Crippen LogP contribution in [0.25, 0.3) is 0 Å². The number of hydrogen-bond donors (Lipinski definition) is 2. The summed E-state index contributed by atoms with van der Waals surface area (Å²) in [6.07, 6.45) is 1.42. The number of nitrogens with two attached hydrogens (primary N) is 1. The van der Waals surface area contributed by atoms with E-state index >= 15 is 0 Å². The molecular formula is C12H10ClF2N3. The number of benzene rings is 1. The number of hydrogen-bond acceptors (Lipinski definition) is 3. The molecule has 0 aliphatic heterocycles. The fraction of sp³-hybridized carbons (Fsp3) is 0.0833. The summed E-state index contributed by atoms with van der Waals surface area (Å²) in [6.45, 7) is 0.0857. The second-order valence-corrected chi connectivity index (χ2v) is 4.12. The molecule has 0 amide bonds. The maximum absolute atomic E-state index is 13.4. The third-order valence-electron chi connectivity index (χ3n) is 2.34. The standard InChI is InChI=1S/C12H10ClF2N3/c13-8-4-11(16)12(18-6-8)17-5-7-3-9(14)1-2-10(7)15/h1-4,6H,5,16H2,(H,17,18). The van der Waals surface area contributed by atoms with Crippen molar-refractivity contribution in [1.29, 1.82) is 0 Å². The molecule has 1 aromatic carbocycles. The molecule has 94 valence electrons. The highest BCUT2D eigenvalue weighted by Crippen LogP contribution is 2.20. The molecule has 0 saturated heterocycles. The highest BCUT2D eigenvalue weighted by molar-refractivity contribution is 6.30. The van der Waals surface area contributed by atoms with Gasteiger partial charge in [-0.1, -0.05) is 11.6 Å². The molecule has 0 radical (unpaired) electrons. The third-order valence-corrected chi connectivity index (χ3v) is 2.54. The highest BCUT2D eigenvalue weighted by Gasteiger charge is 2.06. The molecule has 18 heavy (non-hydrogen) atoms. The van der Waals surface area contributed by atoms with E-state index in [0.717, 1.165) is 18.2 Å². The van der Waals surface area contributed by atoms with Gasteiger partial charge in [0.1, 0.15) is 17.5 Å². The summed E-state index contributed by atoms with van der Waals surface area (Å²) in [4.78, 5) is 3.96. The highest BCUT2D eigenvalue weighted by atomic mass is 35.5. The lowest BCUT2D eigenvalue weighted by atomic mass is 10.2. The first kappa shape index (κ1) is 12.6. The molecule has 2 aromatic rings. The van der Waals surface area contributed by atoms with Gasteiger partial charge in [0.25, 0.3) is 0 Å². The Hall–Kier alpha value is -1.88. The SMILES string of the molecule is Nc1cc(Cl)cnc1NCc1cc(F)ccc1F. The Bertz CT molecular complexity index is 575. The molecule has 0 aliphatic carbocycles. The molecule has 0 fully saturated rings. The summed E-state index contributed by atoms with van der Waals surface area (Å²) < 4.78 is 26.3. The number of rotatable bonds is 3. The van der Waals surface area contributed by atoms with Crippen LogP contribution in [0.2, 0.25) is 5.02 Å². The van der Waals surface area contributed by atoms with E-state index in [-0.39, 0.29) is 12.1 Å². The van der Waals surface area contributed by atoms with Crippen molar-refractivity contribution in [2.24, 2.45) is 0 Å². The van der Waals surface area contributed by atoms with Gasteiger partial charge in [0.2, 0.25) is 0 Å². The van der Waals surface area contributed by atoms with Gasteiger partial charge >= 0.3 is 0 Å². The summed E-state index contributed by atoms with van der Waals surface area (Å²) in [5.74, 6) is -0.607. The molecule has 0 spiro atoms. The van der Waals surface area contributed by atoms with Gasteiger partial charge in [-0.3, -0.25) is 0 Å². The van der Waals surface area contributed by atoms with E-state index in [4.69, 9.17) is 17.3 Å². The Morgan fingerprint density at radius 2 is 2.06 bits per heavy atom. The van der Waals surface area contributed by atoms with Gasteiger partial charge in [0.15, 0.2) is 0 Å². The van der Waals surface area contributed by atoms with Crippen molar-refractivity contribution in [3.8, 4) is 0 Å². The van der Waals surface area contributed by atoms with E-state index in [1.54, 1.807) is 0 Å². The second kappa shape index (κ2) is 5.18. The van der Waals surface area contributed by atoms with E-state index < -0.39 is 11.6 Å². The lowest BCUT2D eigenvalue weighted by Crippen LogP contribution is -2.06. The summed E-state index contributed by atoms with van der Waals surface area (Å²) in [7, 11) is 0. The zero-order chi connectivity index (χ0) is 13.1. The molecule has 0 aliphatic rings. The lowest BCUT2D eigenvalue weighted by molar-refractivity contribution is 0.587. The Kier molecular flexibility index (Phi) is 3.62. The number of anilines is 2. The maximum Gasteiger partial charge on any atom is 0.149 e. The van der Waals surface area contributed by atoms with Crippen molar-refractivity contribution in [2.45, 2.75) is 6.54 Å². The number of nitrogens with zero attached hydrogens (tertiary/aromatic N) is 1. The van der Waals surface area contributed by atoms with Crippen LogP contribution in [0, 0.1) is 11.6 Å². The van der Waals surface area contributed by atoms with Crippen molar-refractivity contribution < 1.29 is 8.78 Å². The smallest absolute Gasteiger partial charge is 0.149 e. The topological polar surface area (TPSA) is 50.9 Å². The van der Waals surface area contributed by atoms with Crippen molar-refractivity contribution in [3.05, 3.63) is 52.7 Å². The average Bonchev–Trinajstić information content (AvgIpc) is 2.32. The monoisotopic (exact) mass is 269 g/mol. The largest absolute Gasteiger partial charge is 0.396 e. The van der Waals surface area contributed by atoms with Crippen LogP contribution in [-0.2, 0) is 6.54 Å². The van der Waals surface area contributed by atoms with Gasteiger partial charge in [0, 0.05) is 18.3 Å². The first-order valence-corrected chi connectivity index (χ1v) is 5.53. The van der Waals surface area contributed by atoms with Crippen LogP contribution in [0.4, 0.5) is 20.3 Å². The van der Waals surface area contributed by atoms with E-state index in [1.807, 2.05) is 0 Å². The van der Waals surface area contributed by atoms with Crippen LogP contribution < -0.4 is 11.1 Å². The number of nitrogens with one attached hydrogen (secondary N) is 1. The summed E-state index contributed by atoms with van der Waals surface area (Å²) in [6, 6.07) is 4.78. The fourth-order valence-electron chi connectivity index (χ4n) is 1.46. The number of pyridine rings is 1. The summed E-state index contributed by atoms with van der Waals surface area (Å²) in [5, 5.41) is 3.24. The minimum Gasteiger partial charge on any atom is -0.396 e. The molecule has 3 nitrogen and oxygen atoms in total. The van der Waals surface area contributed by atoms with Gasteiger partial charge in [-0.2, -0.15) is 0 Å². The Balaban J connectivity index is 2.13. The van der Waals surface area contributed by atoms with E-state index in [9.17, 15) is 8.78 Å². The Morgan fingerprint density at radius 1 is 1.28 bits per heavy atom. The van der Waals surface area contributed by atoms with Crippen molar-refractivity contribution in [3.63, 3.8) is 0 Å². The molecule has 0 atom stereocenters. The summed E-state index contributed by atoms with van der Waals surface area (Å²) >= 11 is 5.70. The molecular weight excluding hydrogens is 260 g/mol. The van der Waals surface area contributed by atoms with Crippen LogP contribution in [0.15, 0.2) is 30.5 Å². The lowest BCUT2D eigenvalue weighted by Gasteiger charge is -2.09. The number of nitrogen functional groups attached to an aromatic ring is 1. The minimum atomic E-state index is -0.495. The number of halogens is 3. The molecule has 2 rings (SSSR count). The van der Waals surface area contributed by atoms with E-state index in [1.165, 1.54) is 12.3 Å². The molecule has 0 bridgehead atoms. The van der Waals surface area contributed by atoms with Gasteiger partial charge in [-0.15, -0.1) is 0 Å². The minimum absolute atomic E-state index is 0.0857. The first-order chi connectivity index (χ1) is 8.56. The molecule has 1 heterocycles. The molecule has 1 aromatic heterocycles. The van der Waals surface area contributed by atoms with Crippen LogP contribution in [0.3, 0.4) is 0 Å². The van der Waals surface area contributed by atoms with Gasteiger partial charge in [0.05, 0.1) is 10.7 Å². The molecule has 3 N–H and O–H groups in total. The fourth-order valence-corrected chi connectivity index (χ4v) is 1.63. The Morgan fingerprint density at radius 3 is 2.78 bits per heavy atom. The van der Waals surface area contributed by atoms with Crippen LogP contribution in [0.1, 0.15) is 5.56 Å². The third kappa shape index (κ3) is 2.87. The van der Waals surface area contributed by atoms with Crippen LogP contribution in [-0.4, -0.2) is 4.98 Å². The van der Waals surface area contributed by atoms with Gasteiger partial charge in [-0.25, -0.2) is 13.8 Å². The molecule has 0 saturated carbocycles. The first-order valence-electron chi connectivity index (χ1n) is 5.15. The molecule has 0 unspecified atom stereocenters. The van der Waals surface area contributed by atoms with Crippen LogP contribution in [0.5, 0.6) is 0 Å². The second-order valence-electron chi connectivity index (χ2n) is 3.68.